The number of amides is 1. The molecule has 1 N–H and O–H groups in total. The lowest BCUT2D eigenvalue weighted by molar-refractivity contribution is 0.0937. The Balaban J connectivity index is 1.74. The Morgan fingerprint density at radius 3 is 2.84 bits per heavy atom. The van der Waals surface area contributed by atoms with Crippen molar-refractivity contribution in [2.24, 2.45) is 5.92 Å². The first kappa shape index (κ1) is 15.7. The highest BCUT2D eigenvalue weighted by molar-refractivity contribution is 6.00. The summed E-state index contributed by atoms with van der Waals surface area (Å²) in [4.78, 5) is 21.0. The summed E-state index contributed by atoms with van der Waals surface area (Å²) in [7, 11) is 0. The van der Waals surface area contributed by atoms with Gasteiger partial charge in [0.05, 0.1) is 17.6 Å². The summed E-state index contributed by atoms with van der Waals surface area (Å²) in [6.07, 6.45) is 3.83. The zero-order valence-corrected chi connectivity index (χ0v) is 14.0. The van der Waals surface area contributed by atoms with Crippen LogP contribution in [0.1, 0.15) is 35.8 Å². The number of aryl methyl sites for hydroxylation is 1. The third-order valence-corrected chi connectivity index (χ3v) is 4.56. The lowest BCUT2D eigenvalue weighted by atomic mass is 10.2. The first-order valence-electron chi connectivity index (χ1n) is 8.32. The maximum atomic E-state index is 13.4. The van der Waals surface area contributed by atoms with Crippen LogP contribution in [0, 0.1) is 18.8 Å². The number of nitrogens with zero attached hydrogens (tertiary/aromatic N) is 4. The minimum atomic E-state index is -0.568. The van der Waals surface area contributed by atoms with Crippen molar-refractivity contribution in [3.05, 3.63) is 47.7 Å². The van der Waals surface area contributed by atoms with Crippen LogP contribution < -0.4 is 5.32 Å². The number of halogens is 1. The van der Waals surface area contributed by atoms with Crippen LogP contribution in [0.5, 0.6) is 0 Å². The second-order valence-electron chi connectivity index (χ2n) is 6.52. The quantitative estimate of drug-likeness (QED) is 0.742. The molecule has 0 aliphatic heterocycles. The smallest absolute Gasteiger partial charge is 0.256 e. The number of carbonyl (C=O) groups excluding carboxylic acids is 1. The van der Waals surface area contributed by atoms with E-state index in [1.807, 2.05) is 13.8 Å². The van der Waals surface area contributed by atoms with E-state index in [1.54, 1.807) is 22.7 Å². The molecule has 3 heterocycles. The van der Waals surface area contributed by atoms with Crippen LogP contribution in [0.15, 0.2) is 30.5 Å². The average Bonchev–Trinajstić information content (AvgIpc) is 3.34. The zero-order valence-electron chi connectivity index (χ0n) is 14.0. The molecule has 3 aromatic heterocycles. The summed E-state index contributed by atoms with van der Waals surface area (Å²) < 4.78 is 15.0. The van der Waals surface area contributed by atoms with E-state index < -0.39 is 5.95 Å². The number of hydrogen-bond donors (Lipinski definition) is 1. The van der Waals surface area contributed by atoms with Gasteiger partial charge in [-0.2, -0.15) is 9.49 Å². The van der Waals surface area contributed by atoms with E-state index in [9.17, 15) is 9.18 Å². The van der Waals surface area contributed by atoms with E-state index in [2.05, 4.69) is 20.4 Å². The highest BCUT2D eigenvalue weighted by Crippen LogP contribution is 2.32. The van der Waals surface area contributed by atoms with Crippen LogP contribution in [-0.4, -0.2) is 31.5 Å². The molecule has 0 bridgehead atoms. The van der Waals surface area contributed by atoms with Crippen molar-refractivity contribution in [2.75, 3.05) is 0 Å². The summed E-state index contributed by atoms with van der Waals surface area (Å²) in [5.41, 5.74) is 2.58. The van der Waals surface area contributed by atoms with Crippen molar-refractivity contribution in [2.45, 2.75) is 32.7 Å². The number of rotatable bonds is 4. The minimum Gasteiger partial charge on any atom is -0.349 e. The van der Waals surface area contributed by atoms with Gasteiger partial charge >= 0.3 is 0 Å². The second-order valence-corrected chi connectivity index (χ2v) is 6.52. The molecule has 1 saturated carbocycles. The fraction of sp³-hybridized carbons (Fsp3) is 0.333. The molecule has 128 valence electrons. The SMILES string of the molecule is Cc1cc(-c2cccc(F)n2)nc2c(C(=O)N[C@H](C)C3CC3)cnn12. The number of hydrogen-bond acceptors (Lipinski definition) is 4. The topological polar surface area (TPSA) is 72.2 Å². The summed E-state index contributed by atoms with van der Waals surface area (Å²) in [6.45, 7) is 3.88. The first-order valence-corrected chi connectivity index (χ1v) is 8.32. The maximum Gasteiger partial charge on any atom is 0.256 e. The summed E-state index contributed by atoms with van der Waals surface area (Å²) >= 11 is 0. The van der Waals surface area contributed by atoms with Crippen LogP contribution >= 0.6 is 0 Å². The third-order valence-electron chi connectivity index (χ3n) is 4.56. The molecule has 25 heavy (non-hydrogen) atoms. The van der Waals surface area contributed by atoms with Crippen molar-refractivity contribution < 1.29 is 9.18 Å². The number of nitrogens with one attached hydrogen (secondary N) is 1. The lowest BCUT2D eigenvalue weighted by Crippen LogP contribution is -2.34. The molecule has 1 aliphatic rings. The molecule has 1 aliphatic carbocycles. The fourth-order valence-electron chi connectivity index (χ4n) is 2.95. The van der Waals surface area contributed by atoms with Gasteiger partial charge in [-0.15, -0.1) is 0 Å². The van der Waals surface area contributed by atoms with Crippen molar-refractivity contribution >= 4 is 11.6 Å². The Labute approximate surface area is 144 Å². The molecule has 1 atom stereocenters. The van der Waals surface area contributed by atoms with Crippen molar-refractivity contribution in [1.82, 2.24) is 24.9 Å². The predicted molar refractivity (Wildman–Crippen MR) is 90.6 cm³/mol. The van der Waals surface area contributed by atoms with Gasteiger partial charge in [0.1, 0.15) is 5.56 Å². The van der Waals surface area contributed by atoms with Crippen LogP contribution in [0.4, 0.5) is 4.39 Å². The Kier molecular flexibility index (Phi) is 3.71. The number of fused-ring (bicyclic) bond motifs is 1. The van der Waals surface area contributed by atoms with Crippen LogP contribution in [-0.2, 0) is 0 Å². The minimum absolute atomic E-state index is 0.136. The largest absolute Gasteiger partial charge is 0.349 e. The molecule has 0 aromatic carbocycles. The van der Waals surface area contributed by atoms with Crippen LogP contribution in [0.25, 0.3) is 17.0 Å². The molecule has 1 fully saturated rings. The Morgan fingerprint density at radius 1 is 1.32 bits per heavy atom. The highest BCUT2D eigenvalue weighted by atomic mass is 19.1. The molecule has 0 saturated heterocycles. The van der Waals surface area contributed by atoms with Gasteiger partial charge in [-0.25, -0.2) is 14.5 Å². The molecule has 0 spiro atoms. The summed E-state index contributed by atoms with van der Waals surface area (Å²) in [5.74, 6) is -0.195. The second kappa shape index (κ2) is 5.91. The standard InChI is InChI=1S/C18H18FN5O/c1-10-8-15(14-4-3-5-16(19)22-14)23-17-13(9-20-24(10)17)18(25)21-11(2)12-6-7-12/h3-5,8-9,11-12H,6-7H2,1-2H3,(H,21,25)/t11-/m1/s1. The third kappa shape index (κ3) is 2.97. The van der Waals surface area contributed by atoms with Gasteiger partial charge in [0, 0.05) is 11.7 Å². The number of aromatic nitrogens is 4. The van der Waals surface area contributed by atoms with E-state index in [0.717, 1.165) is 18.5 Å². The summed E-state index contributed by atoms with van der Waals surface area (Å²) in [6, 6.07) is 6.46. The van der Waals surface area contributed by atoms with Crippen molar-refractivity contribution in [1.29, 1.82) is 0 Å². The lowest BCUT2D eigenvalue weighted by Gasteiger charge is -2.12. The van der Waals surface area contributed by atoms with Crippen molar-refractivity contribution in [3.63, 3.8) is 0 Å². The van der Waals surface area contributed by atoms with Crippen LogP contribution in [0.2, 0.25) is 0 Å². The van der Waals surface area contributed by atoms with Gasteiger partial charge in [-0.3, -0.25) is 4.79 Å². The molecule has 6 nitrogen and oxygen atoms in total. The van der Waals surface area contributed by atoms with Crippen molar-refractivity contribution in [3.8, 4) is 11.4 Å². The van der Waals surface area contributed by atoms with Gasteiger partial charge < -0.3 is 5.32 Å². The van der Waals surface area contributed by atoms with E-state index in [1.165, 1.54) is 12.3 Å². The zero-order chi connectivity index (χ0) is 17.6. The van der Waals surface area contributed by atoms with Gasteiger partial charge in [-0.1, -0.05) is 6.07 Å². The molecule has 0 radical (unpaired) electrons. The molecule has 0 unspecified atom stereocenters. The number of pyridine rings is 1. The fourth-order valence-corrected chi connectivity index (χ4v) is 2.95. The highest BCUT2D eigenvalue weighted by Gasteiger charge is 2.30. The normalized spacial score (nSPS) is 15.3. The molecular formula is C18H18FN5O. The molecular weight excluding hydrogens is 321 g/mol. The number of carbonyl (C=O) groups is 1. The van der Waals surface area contributed by atoms with E-state index >= 15 is 0 Å². The molecule has 4 rings (SSSR count). The maximum absolute atomic E-state index is 13.4. The Hall–Kier alpha value is -2.83. The van der Waals surface area contributed by atoms with Crippen LogP contribution in [0.3, 0.4) is 0 Å². The molecule has 1 amide bonds. The van der Waals surface area contributed by atoms with Gasteiger partial charge in [0.25, 0.3) is 5.91 Å². The average molecular weight is 339 g/mol. The predicted octanol–water partition coefficient (Wildman–Crippen LogP) is 2.77. The monoisotopic (exact) mass is 339 g/mol. The van der Waals surface area contributed by atoms with E-state index in [4.69, 9.17) is 0 Å². The first-order chi connectivity index (χ1) is 12.0. The molecule has 7 heteroatoms. The van der Waals surface area contributed by atoms with Gasteiger partial charge in [0.15, 0.2) is 5.65 Å². The van der Waals surface area contributed by atoms with Gasteiger partial charge in [-0.05, 0) is 50.8 Å². The Morgan fingerprint density at radius 2 is 2.12 bits per heavy atom. The van der Waals surface area contributed by atoms with E-state index in [-0.39, 0.29) is 11.9 Å². The van der Waals surface area contributed by atoms with E-state index in [0.29, 0.717) is 28.5 Å². The van der Waals surface area contributed by atoms with Gasteiger partial charge in [0.2, 0.25) is 5.95 Å². The Bertz CT molecular complexity index is 963. The molecule has 3 aromatic rings. The summed E-state index contributed by atoms with van der Waals surface area (Å²) in [5, 5.41) is 7.27.